The van der Waals surface area contributed by atoms with Gasteiger partial charge in [0.1, 0.15) is 5.75 Å². The number of halogens is 1. The van der Waals surface area contributed by atoms with Crippen LogP contribution in [0.25, 0.3) is 0 Å². The molecule has 2 aliphatic heterocycles. The third-order valence-electron chi connectivity index (χ3n) is 5.66. The summed E-state index contributed by atoms with van der Waals surface area (Å²) in [5, 5.41) is 3.51. The standard InChI is InChI=1S/C22H35N3O3.HI/c1-17-6-7-18(15-21(17)26-3)8-11-24-22(23-2)25-12-9-19(10-13-25)28-16-20-5-4-14-27-20;/h6-7,15,19-20H,4-5,8-14,16H2,1-3H3,(H,23,24);1H. The maximum absolute atomic E-state index is 6.08. The van der Waals surface area contributed by atoms with Crippen LogP contribution in [0.5, 0.6) is 5.75 Å². The molecule has 29 heavy (non-hydrogen) atoms. The summed E-state index contributed by atoms with van der Waals surface area (Å²) in [6, 6.07) is 6.40. The SMILES string of the molecule is CN=C(NCCc1ccc(C)c(OC)c1)N1CCC(OCC2CCCO2)CC1.I. The van der Waals surface area contributed by atoms with Crippen LogP contribution < -0.4 is 10.1 Å². The molecule has 1 unspecified atom stereocenters. The largest absolute Gasteiger partial charge is 0.496 e. The van der Waals surface area contributed by atoms with Gasteiger partial charge in [-0.25, -0.2) is 0 Å². The second-order valence-corrected chi connectivity index (χ2v) is 7.68. The number of hydrogen-bond acceptors (Lipinski definition) is 4. The van der Waals surface area contributed by atoms with Gasteiger partial charge in [-0.2, -0.15) is 0 Å². The fourth-order valence-corrected chi connectivity index (χ4v) is 3.92. The Morgan fingerprint density at radius 2 is 2.07 bits per heavy atom. The Labute approximate surface area is 192 Å². The average Bonchev–Trinajstić information content (AvgIpc) is 3.25. The van der Waals surface area contributed by atoms with E-state index in [4.69, 9.17) is 14.2 Å². The zero-order valence-electron chi connectivity index (χ0n) is 18.0. The molecule has 1 N–H and O–H groups in total. The Hall–Kier alpha value is -1.06. The van der Waals surface area contributed by atoms with E-state index in [1.54, 1.807) is 7.11 Å². The second kappa shape index (κ2) is 12.6. The van der Waals surface area contributed by atoms with Crippen LogP contribution in [-0.4, -0.2) is 70.1 Å². The quantitative estimate of drug-likeness (QED) is 0.342. The molecule has 164 valence electrons. The van der Waals surface area contributed by atoms with Crippen molar-refractivity contribution in [3.8, 4) is 5.75 Å². The Morgan fingerprint density at radius 1 is 1.28 bits per heavy atom. The third kappa shape index (κ3) is 7.29. The number of benzene rings is 1. The van der Waals surface area contributed by atoms with Crippen molar-refractivity contribution in [2.24, 2.45) is 4.99 Å². The van der Waals surface area contributed by atoms with Crippen molar-refractivity contribution in [3.63, 3.8) is 0 Å². The molecule has 0 saturated carbocycles. The summed E-state index contributed by atoms with van der Waals surface area (Å²) in [5.74, 6) is 1.93. The molecule has 2 heterocycles. The molecular formula is C22H36IN3O3. The number of nitrogens with zero attached hydrogens (tertiary/aromatic N) is 2. The lowest BCUT2D eigenvalue weighted by molar-refractivity contribution is -0.0367. The summed E-state index contributed by atoms with van der Waals surface area (Å²) in [6.07, 6.45) is 6.00. The molecule has 2 saturated heterocycles. The average molecular weight is 517 g/mol. The molecule has 0 radical (unpaired) electrons. The molecule has 7 heteroatoms. The summed E-state index contributed by atoms with van der Waals surface area (Å²) in [4.78, 5) is 6.81. The fraction of sp³-hybridized carbons (Fsp3) is 0.682. The van der Waals surface area contributed by atoms with E-state index in [1.807, 2.05) is 7.05 Å². The van der Waals surface area contributed by atoms with E-state index in [-0.39, 0.29) is 24.0 Å². The van der Waals surface area contributed by atoms with Gasteiger partial charge in [0.25, 0.3) is 0 Å². The van der Waals surface area contributed by atoms with Gasteiger partial charge in [0.15, 0.2) is 5.96 Å². The molecule has 0 aliphatic carbocycles. The third-order valence-corrected chi connectivity index (χ3v) is 5.66. The molecular weight excluding hydrogens is 481 g/mol. The molecule has 1 aromatic carbocycles. The van der Waals surface area contributed by atoms with Crippen LogP contribution >= 0.6 is 24.0 Å². The van der Waals surface area contributed by atoms with E-state index in [1.165, 1.54) is 17.5 Å². The lowest BCUT2D eigenvalue weighted by Crippen LogP contribution is -2.47. The van der Waals surface area contributed by atoms with Crippen LogP contribution in [0.3, 0.4) is 0 Å². The first-order valence-electron chi connectivity index (χ1n) is 10.5. The number of aliphatic imine (C=N–C) groups is 1. The van der Waals surface area contributed by atoms with E-state index < -0.39 is 0 Å². The Bertz CT molecular complexity index is 642. The maximum Gasteiger partial charge on any atom is 0.193 e. The second-order valence-electron chi connectivity index (χ2n) is 7.68. The lowest BCUT2D eigenvalue weighted by atomic mass is 10.1. The van der Waals surface area contributed by atoms with Gasteiger partial charge in [-0.15, -0.1) is 24.0 Å². The first kappa shape index (κ1) is 24.2. The molecule has 1 aromatic rings. The molecule has 0 amide bonds. The van der Waals surface area contributed by atoms with Gasteiger partial charge >= 0.3 is 0 Å². The number of aryl methyl sites for hydroxylation is 1. The van der Waals surface area contributed by atoms with Crippen LogP contribution in [0.1, 0.15) is 36.8 Å². The van der Waals surface area contributed by atoms with E-state index in [9.17, 15) is 0 Å². The maximum atomic E-state index is 6.08. The summed E-state index contributed by atoms with van der Waals surface area (Å²) < 4.78 is 17.1. The molecule has 0 aromatic heterocycles. The fourth-order valence-electron chi connectivity index (χ4n) is 3.92. The molecule has 2 fully saturated rings. The van der Waals surface area contributed by atoms with Gasteiger partial charge in [0.05, 0.1) is 25.9 Å². The van der Waals surface area contributed by atoms with E-state index in [2.05, 4.69) is 40.3 Å². The van der Waals surface area contributed by atoms with E-state index in [0.717, 1.165) is 70.2 Å². The van der Waals surface area contributed by atoms with Crippen molar-refractivity contribution in [1.29, 1.82) is 0 Å². The molecule has 2 aliphatic rings. The molecule has 0 spiro atoms. The summed E-state index contributed by atoms with van der Waals surface area (Å²) >= 11 is 0. The highest BCUT2D eigenvalue weighted by Gasteiger charge is 2.24. The van der Waals surface area contributed by atoms with Crippen LogP contribution in [0, 0.1) is 6.92 Å². The Kier molecular flexibility index (Phi) is 10.5. The van der Waals surface area contributed by atoms with Gasteiger partial charge in [0.2, 0.25) is 0 Å². The number of hydrogen-bond donors (Lipinski definition) is 1. The highest BCUT2D eigenvalue weighted by Crippen LogP contribution is 2.20. The zero-order valence-corrected chi connectivity index (χ0v) is 20.3. The molecule has 6 nitrogen and oxygen atoms in total. The summed E-state index contributed by atoms with van der Waals surface area (Å²) in [6.45, 7) is 6.52. The van der Waals surface area contributed by atoms with Crippen molar-refractivity contribution in [3.05, 3.63) is 29.3 Å². The van der Waals surface area contributed by atoms with Crippen LogP contribution in [0.2, 0.25) is 0 Å². The van der Waals surface area contributed by atoms with Crippen molar-refractivity contribution in [2.45, 2.75) is 51.2 Å². The zero-order chi connectivity index (χ0) is 19.8. The number of nitrogens with one attached hydrogen (secondary N) is 1. The number of likely N-dealkylation sites (tertiary alicyclic amines) is 1. The van der Waals surface area contributed by atoms with Crippen molar-refractivity contribution in [1.82, 2.24) is 10.2 Å². The van der Waals surface area contributed by atoms with Gasteiger partial charge in [0, 0.05) is 33.3 Å². The Morgan fingerprint density at radius 3 is 2.72 bits per heavy atom. The van der Waals surface area contributed by atoms with Crippen LogP contribution in [0.4, 0.5) is 0 Å². The van der Waals surface area contributed by atoms with Gasteiger partial charge in [-0.1, -0.05) is 12.1 Å². The first-order chi connectivity index (χ1) is 13.7. The van der Waals surface area contributed by atoms with Gasteiger partial charge in [-0.05, 0) is 56.2 Å². The van der Waals surface area contributed by atoms with Gasteiger partial charge < -0.3 is 24.4 Å². The molecule has 1 atom stereocenters. The topological polar surface area (TPSA) is 55.3 Å². The monoisotopic (exact) mass is 517 g/mol. The summed E-state index contributed by atoms with van der Waals surface area (Å²) in [7, 11) is 3.58. The van der Waals surface area contributed by atoms with Crippen molar-refractivity contribution >= 4 is 29.9 Å². The minimum atomic E-state index is 0. The predicted molar refractivity (Wildman–Crippen MR) is 128 cm³/mol. The van der Waals surface area contributed by atoms with E-state index >= 15 is 0 Å². The molecule has 0 bridgehead atoms. The first-order valence-corrected chi connectivity index (χ1v) is 10.5. The Balaban J connectivity index is 0.00000300. The van der Waals surface area contributed by atoms with E-state index in [0.29, 0.717) is 12.2 Å². The number of rotatable bonds is 7. The predicted octanol–water partition coefficient (Wildman–Crippen LogP) is 3.40. The van der Waals surface area contributed by atoms with Crippen molar-refractivity contribution in [2.75, 3.05) is 47.0 Å². The smallest absolute Gasteiger partial charge is 0.193 e. The normalized spacial score (nSPS) is 20.4. The minimum absolute atomic E-state index is 0. The van der Waals surface area contributed by atoms with Gasteiger partial charge in [-0.3, -0.25) is 4.99 Å². The van der Waals surface area contributed by atoms with Crippen LogP contribution in [0.15, 0.2) is 23.2 Å². The highest BCUT2D eigenvalue weighted by atomic mass is 127. The molecule has 3 rings (SSSR count). The number of ether oxygens (including phenoxy) is 3. The number of piperidine rings is 1. The minimum Gasteiger partial charge on any atom is -0.496 e. The lowest BCUT2D eigenvalue weighted by Gasteiger charge is -2.34. The van der Waals surface area contributed by atoms with Crippen molar-refractivity contribution < 1.29 is 14.2 Å². The van der Waals surface area contributed by atoms with Crippen LogP contribution in [-0.2, 0) is 15.9 Å². The highest BCUT2D eigenvalue weighted by molar-refractivity contribution is 14.0. The number of methoxy groups -OCH3 is 1. The summed E-state index contributed by atoms with van der Waals surface area (Å²) in [5.41, 5.74) is 2.44. The number of guanidine groups is 1.